The van der Waals surface area contributed by atoms with Gasteiger partial charge in [-0.15, -0.1) is 0 Å². The van der Waals surface area contributed by atoms with Crippen LogP contribution in [0.4, 0.5) is 5.69 Å². The van der Waals surface area contributed by atoms with Gasteiger partial charge >= 0.3 is 0 Å². The van der Waals surface area contributed by atoms with Gasteiger partial charge in [0.25, 0.3) is 5.91 Å². The number of carbonyl (C=O) groups excluding carboxylic acids is 1. The number of aryl methyl sites for hydroxylation is 3. The van der Waals surface area contributed by atoms with Gasteiger partial charge in [-0.2, -0.15) is 0 Å². The first kappa shape index (κ1) is 13.4. The summed E-state index contributed by atoms with van der Waals surface area (Å²) in [5.41, 5.74) is 5.53. The third-order valence-corrected chi connectivity index (χ3v) is 3.62. The van der Waals surface area contributed by atoms with Crippen molar-refractivity contribution in [1.29, 1.82) is 0 Å². The highest BCUT2D eigenvalue weighted by atomic mass is 16.1. The van der Waals surface area contributed by atoms with Gasteiger partial charge in [0.05, 0.1) is 17.4 Å². The molecule has 0 aliphatic rings. The minimum Gasteiger partial charge on any atom is -0.334 e. The lowest BCUT2D eigenvalue weighted by molar-refractivity contribution is 0.102. The second-order valence-electron chi connectivity index (χ2n) is 5.33. The second kappa shape index (κ2) is 5.05. The number of imidazole rings is 1. The molecule has 0 saturated carbocycles. The number of carbonyl (C=O) groups is 1. The predicted octanol–water partition coefficient (Wildman–Crippen LogP) is 3.44. The van der Waals surface area contributed by atoms with E-state index in [9.17, 15) is 4.79 Å². The Morgan fingerprint density at radius 3 is 2.71 bits per heavy atom. The number of hydrogen-bond acceptors (Lipinski definition) is 2. The minimum atomic E-state index is -0.116. The summed E-state index contributed by atoms with van der Waals surface area (Å²) in [6.45, 7) is 4.03. The third kappa shape index (κ3) is 2.52. The van der Waals surface area contributed by atoms with Crippen LogP contribution in [-0.2, 0) is 7.05 Å². The summed E-state index contributed by atoms with van der Waals surface area (Å²) in [5, 5.41) is 2.95. The van der Waals surface area contributed by atoms with E-state index in [1.165, 1.54) is 5.56 Å². The zero-order chi connectivity index (χ0) is 15.0. The van der Waals surface area contributed by atoms with Crippen molar-refractivity contribution in [2.45, 2.75) is 13.8 Å². The van der Waals surface area contributed by atoms with Crippen molar-refractivity contribution < 1.29 is 4.79 Å². The summed E-state index contributed by atoms with van der Waals surface area (Å²) >= 11 is 0. The van der Waals surface area contributed by atoms with Crippen LogP contribution in [0.15, 0.2) is 42.7 Å². The normalized spacial score (nSPS) is 10.8. The molecule has 2 aromatic carbocycles. The summed E-state index contributed by atoms with van der Waals surface area (Å²) in [6.07, 6.45) is 1.75. The molecule has 0 atom stereocenters. The fourth-order valence-corrected chi connectivity index (χ4v) is 2.43. The van der Waals surface area contributed by atoms with Crippen molar-refractivity contribution in [3.63, 3.8) is 0 Å². The molecule has 4 nitrogen and oxygen atoms in total. The van der Waals surface area contributed by atoms with Gasteiger partial charge in [-0.25, -0.2) is 4.98 Å². The van der Waals surface area contributed by atoms with Crippen LogP contribution < -0.4 is 5.32 Å². The molecular weight excluding hydrogens is 262 g/mol. The van der Waals surface area contributed by atoms with Gasteiger partial charge in [-0.05, 0) is 43.7 Å². The number of rotatable bonds is 2. The van der Waals surface area contributed by atoms with E-state index in [4.69, 9.17) is 0 Å². The number of fused-ring (bicyclic) bond motifs is 1. The Morgan fingerprint density at radius 2 is 1.95 bits per heavy atom. The van der Waals surface area contributed by atoms with Crippen LogP contribution in [0, 0.1) is 13.8 Å². The maximum Gasteiger partial charge on any atom is 0.255 e. The van der Waals surface area contributed by atoms with Gasteiger partial charge in [-0.1, -0.05) is 17.7 Å². The Balaban J connectivity index is 1.89. The van der Waals surface area contributed by atoms with Gasteiger partial charge in [0.15, 0.2) is 0 Å². The molecule has 21 heavy (non-hydrogen) atoms. The van der Waals surface area contributed by atoms with Gasteiger partial charge < -0.3 is 9.88 Å². The highest BCUT2D eigenvalue weighted by Crippen LogP contribution is 2.19. The number of anilines is 1. The molecule has 1 aromatic heterocycles. The van der Waals surface area contributed by atoms with Crippen molar-refractivity contribution >= 4 is 22.6 Å². The molecule has 4 heteroatoms. The Labute approximate surface area is 123 Å². The van der Waals surface area contributed by atoms with Crippen LogP contribution in [0.5, 0.6) is 0 Å². The van der Waals surface area contributed by atoms with Gasteiger partial charge in [0.2, 0.25) is 0 Å². The second-order valence-corrected chi connectivity index (χ2v) is 5.33. The minimum absolute atomic E-state index is 0.116. The molecule has 0 unspecified atom stereocenters. The van der Waals surface area contributed by atoms with Crippen molar-refractivity contribution in [3.8, 4) is 0 Å². The van der Waals surface area contributed by atoms with Gasteiger partial charge in [-0.3, -0.25) is 4.79 Å². The number of aromatic nitrogens is 2. The molecule has 0 aliphatic heterocycles. The molecule has 106 valence electrons. The molecule has 0 aliphatic carbocycles. The monoisotopic (exact) mass is 279 g/mol. The van der Waals surface area contributed by atoms with E-state index >= 15 is 0 Å². The Morgan fingerprint density at radius 1 is 1.14 bits per heavy atom. The molecule has 3 rings (SSSR count). The average molecular weight is 279 g/mol. The maximum atomic E-state index is 12.4. The number of benzene rings is 2. The van der Waals surface area contributed by atoms with Crippen LogP contribution >= 0.6 is 0 Å². The zero-order valence-corrected chi connectivity index (χ0v) is 12.3. The smallest absolute Gasteiger partial charge is 0.255 e. The predicted molar refractivity (Wildman–Crippen MR) is 84.6 cm³/mol. The summed E-state index contributed by atoms with van der Waals surface area (Å²) in [7, 11) is 1.94. The van der Waals surface area contributed by atoms with Crippen LogP contribution in [0.3, 0.4) is 0 Å². The van der Waals surface area contributed by atoms with Crippen molar-refractivity contribution in [3.05, 3.63) is 59.4 Å². The number of nitrogens with one attached hydrogen (secondary N) is 1. The van der Waals surface area contributed by atoms with E-state index in [0.717, 1.165) is 22.3 Å². The van der Waals surface area contributed by atoms with E-state index in [0.29, 0.717) is 5.56 Å². The quantitative estimate of drug-likeness (QED) is 0.781. The van der Waals surface area contributed by atoms with Crippen molar-refractivity contribution in [2.75, 3.05) is 5.32 Å². The molecule has 0 radical (unpaired) electrons. The summed E-state index contributed by atoms with van der Waals surface area (Å²) < 4.78 is 1.93. The van der Waals surface area contributed by atoms with Crippen LogP contribution in [0.2, 0.25) is 0 Å². The number of amides is 1. The van der Waals surface area contributed by atoms with Crippen LogP contribution in [-0.4, -0.2) is 15.5 Å². The van der Waals surface area contributed by atoms with E-state index in [-0.39, 0.29) is 5.91 Å². The highest BCUT2D eigenvalue weighted by Gasteiger charge is 2.10. The molecule has 1 N–H and O–H groups in total. The summed E-state index contributed by atoms with van der Waals surface area (Å²) in [5.74, 6) is -0.116. The fraction of sp³-hybridized carbons (Fsp3) is 0.176. The zero-order valence-electron chi connectivity index (χ0n) is 12.3. The third-order valence-electron chi connectivity index (χ3n) is 3.62. The number of nitrogens with zero attached hydrogens (tertiary/aromatic N) is 2. The highest BCUT2D eigenvalue weighted by molar-refractivity contribution is 6.06. The lowest BCUT2D eigenvalue weighted by Crippen LogP contribution is -2.12. The maximum absolute atomic E-state index is 12.4. The lowest BCUT2D eigenvalue weighted by atomic mass is 10.1. The first-order valence-electron chi connectivity index (χ1n) is 6.84. The van der Waals surface area contributed by atoms with Crippen LogP contribution in [0.25, 0.3) is 11.0 Å². The Bertz CT molecular complexity index is 833. The molecule has 0 bridgehead atoms. The largest absolute Gasteiger partial charge is 0.334 e. The van der Waals surface area contributed by atoms with E-state index < -0.39 is 0 Å². The van der Waals surface area contributed by atoms with Crippen molar-refractivity contribution in [1.82, 2.24) is 9.55 Å². The summed E-state index contributed by atoms with van der Waals surface area (Å²) in [4.78, 5) is 16.6. The summed E-state index contributed by atoms with van der Waals surface area (Å²) in [6, 6.07) is 11.5. The Hall–Kier alpha value is -2.62. The molecule has 1 amide bonds. The first-order valence-corrected chi connectivity index (χ1v) is 6.84. The molecule has 0 saturated heterocycles. The first-order chi connectivity index (χ1) is 10.0. The fourth-order valence-electron chi connectivity index (χ4n) is 2.43. The molecular formula is C17H17N3O. The molecule has 0 spiro atoms. The lowest BCUT2D eigenvalue weighted by Gasteiger charge is -2.09. The molecule has 1 heterocycles. The van der Waals surface area contributed by atoms with Gasteiger partial charge in [0, 0.05) is 18.3 Å². The topological polar surface area (TPSA) is 46.9 Å². The van der Waals surface area contributed by atoms with E-state index in [2.05, 4.69) is 16.4 Å². The SMILES string of the molecule is Cc1ccc(NC(=O)c2ccc3c(c2)ncn3C)c(C)c1. The standard InChI is InChI=1S/C17H17N3O/c1-11-4-6-14(12(2)8-11)19-17(21)13-5-7-16-15(9-13)18-10-20(16)3/h4-10H,1-3H3,(H,19,21). The molecule has 3 aromatic rings. The average Bonchev–Trinajstić information content (AvgIpc) is 2.83. The Kier molecular flexibility index (Phi) is 3.22. The van der Waals surface area contributed by atoms with E-state index in [1.54, 1.807) is 6.33 Å². The number of hydrogen-bond donors (Lipinski definition) is 1. The molecule has 0 fully saturated rings. The van der Waals surface area contributed by atoms with E-state index in [1.807, 2.05) is 55.8 Å². The van der Waals surface area contributed by atoms with Gasteiger partial charge in [0.1, 0.15) is 0 Å². The van der Waals surface area contributed by atoms with Crippen molar-refractivity contribution in [2.24, 2.45) is 7.05 Å². The van der Waals surface area contributed by atoms with Crippen LogP contribution in [0.1, 0.15) is 21.5 Å².